The van der Waals surface area contributed by atoms with Crippen LogP contribution in [-0.4, -0.2) is 29.7 Å². The van der Waals surface area contributed by atoms with Crippen LogP contribution >= 0.6 is 0 Å². The standard InChI is InChI=1S/C39H53N3O4.C2H6/c1-9-14-21-42(13-5)38-25-36(44)26(6)39(46-38)33(11-3)31-19-20-34(37(45)24-31)41-28(8)40-27(7)30(10-2)23-32(35(43)12-4)22-29-17-15-16-18-29;1-2/h10-11,19-20,23-25,29,41,45H,8-9,12-18,21-22H2,1-7H3;1-2H3/b30-10-,32-23+,33-11-,40-27-;. The third-order valence-corrected chi connectivity index (χ3v) is 8.79. The summed E-state index contributed by atoms with van der Waals surface area (Å²) in [6.45, 7) is 23.2. The molecule has 0 atom stereocenters. The van der Waals surface area contributed by atoms with Crippen LogP contribution in [0.4, 0.5) is 11.6 Å². The van der Waals surface area contributed by atoms with Crippen LogP contribution < -0.4 is 15.6 Å². The number of hydrogen-bond donors (Lipinski definition) is 2. The molecular formula is C41H59N3O4. The van der Waals surface area contributed by atoms with E-state index in [0.717, 1.165) is 54.8 Å². The third kappa shape index (κ3) is 11.0. The van der Waals surface area contributed by atoms with Crippen LogP contribution in [0.3, 0.4) is 0 Å². The van der Waals surface area contributed by atoms with E-state index in [2.05, 4.69) is 28.7 Å². The molecule has 0 saturated heterocycles. The topological polar surface area (TPSA) is 95.1 Å². The predicted octanol–water partition coefficient (Wildman–Crippen LogP) is 10.5. The molecule has 0 spiro atoms. The predicted molar refractivity (Wildman–Crippen MR) is 204 cm³/mol. The molecule has 262 valence electrons. The Balaban J connectivity index is 0.00000392. The number of nitrogens with zero attached hydrogens (tertiary/aromatic N) is 2. The Morgan fingerprint density at radius 2 is 1.81 bits per heavy atom. The summed E-state index contributed by atoms with van der Waals surface area (Å²) < 4.78 is 6.34. The van der Waals surface area contributed by atoms with Gasteiger partial charge in [-0.3, -0.25) is 9.59 Å². The fraction of sp³-hybridized carbons (Fsp3) is 0.488. The summed E-state index contributed by atoms with van der Waals surface area (Å²) in [7, 11) is 0. The number of carbonyl (C=O) groups excluding carboxylic acids is 1. The quantitative estimate of drug-likeness (QED) is 0.0807. The maximum atomic E-state index is 13.0. The third-order valence-electron chi connectivity index (χ3n) is 8.79. The van der Waals surface area contributed by atoms with Crippen molar-refractivity contribution in [1.82, 2.24) is 0 Å². The van der Waals surface area contributed by atoms with E-state index >= 15 is 0 Å². The van der Waals surface area contributed by atoms with Gasteiger partial charge in [0.25, 0.3) is 0 Å². The van der Waals surface area contributed by atoms with E-state index in [1.54, 1.807) is 25.1 Å². The molecule has 1 fully saturated rings. The lowest BCUT2D eigenvalue weighted by atomic mass is 9.92. The largest absolute Gasteiger partial charge is 0.506 e. The van der Waals surface area contributed by atoms with Gasteiger partial charge in [-0.15, -0.1) is 0 Å². The summed E-state index contributed by atoms with van der Waals surface area (Å²) in [5.74, 6) is 2.17. The summed E-state index contributed by atoms with van der Waals surface area (Å²) in [6, 6.07) is 6.84. The molecule has 1 aliphatic rings. The molecular weight excluding hydrogens is 598 g/mol. The molecule has 0 amide bonds. The van der Waals surface area contributed by atoms with Gasteiger partial charge in [-0.05, 0) is 88.3 Å². The highest BCUT2D eigenvalue weighted by atomic mass is 16.4. The van der Waals surface area contributed by atoms with Crippen LogP contribution in [0.5, 0.6) is 5.75 Å². The van der Waals surface area contributed by atoms with E-state index in [0.29, 0.717) is 46.6 Å². The van der Waals surface area contributed by atoms with Crippen LogP contribution in [0.25, 0.3) is 5.57 Å². The van der Waals surface area contributed by atoms with Gasteiger partial charge >= 0.3 is 0 Å². The van der Waals surface area contributed by atoms with Gasteiger partial charge in [0.2, 0.25) is 0 Å². The normalized spacial score (nSPS) is 14.4. The molecule has 1 aliphatic carbocycles. The Morgan fingerprint density at radius 1 is 1.12 bits per heavy atom. The fourth-order valence-corrected chi connectivity index (χ4v) is 6.00. The van der Waals surface area contributed by atoms with Gasteiger partial charge < -0.3 is 19.7 Å². The van der Waals surface area contributed by atoms with Crippen LogP contribution in [0, 0.1) is 12.8 Å². The van der Waals surface area contributed by atoms with Crippen molar-refractivity contribution < 1.29 is 14.3 Å². The smallest absolute Gasteiger partial charge is 0.199 e. The number of anilines is 2. The van der Waals surface area contributed by atoms with Crippen LogP contribution in [-0.2, 0) is 4.79 Å². The summed E-state index contributed by atoms with van der Waals surface area (Å²) >= 11 is 0. The van der Waals surface area contributed by atoms with E-state index in [9.17, 15) is 14.7 Å². The SMILES string of the molecule is C=C(\N=C(C)/C(=C\C)/C=C(\CC1CCCC1)C(=O)CC)Nc1ccc(/C(=C/C)c2oc(N(CC)CCCC)cc(=O)c2C)cc1O.CC. The maximum Gasteiger partial charge on any atom is 0.199 e. The van der Waals surface area contributed by atoms with Crippen molar-refractivity contribution in [1.29, 1.82) is 0 Å². The molecule has 7 heteroatoms. The Morgan fingerprint density at radius 3 is 2.38 bits per heavy atom. The van der Waals surface area contributed by atoms with Crippen LogP contribution in [0.1, 0.15) is 124 Å². The fourth-order valence-electron chi connectivity index (χ4n) is 6.00. The van der Waals surface area contributed by atoms with Gasteiger partial charge in [-0.2, -0.15) is 0 Å². The second-order valence-corrected chi connectivity index (χ2v) is 12.1. The van der Waals surface area contributed by atoms with Gasteiger partial charge in [0.15, 0.2) is 17.1 Å². The van der Waals surface area contributed by atoms with E-state index in [1.165, 1.54) is 25.7 Å². The zero-order chi connectivity index (χ0) is 35.8. The maximum absolute atomic E-state index is 13.0. The Hall–Kier alpha value is -4.13. The Kier molecular flexibility index (Phi) is 16.9. The molecule has 0 bridgehead atoms. The molecule has 3 rings (SSSR count). The first-order valence-electron chi connectivity index (χ1n) is 17.9. The second kappa shape index (κ2) is 20.3. The van der Waals surface area contributed by atoms with Crippen molar-refractivity contribution in [3.05, 3.63) is 93.2 Å². The average Bonchev–Trinajstić information content (AvgIpc) is 3.60. The minimum atomic E-state index is -0.0855. The molecule has 1 aromatic heterocycles. The first kappa shape index (κ1) is 40.0. The van der Waals surface area contributed by atoms with Crippen LogP contribution in [0.2, 0.25) is 0 Å². The summed E-state index contributed by atoms with van der Waals surface area (Å²) in [5.41, 5.74) is 4.79. The minimum Gasteiger partial charge on any atom is -0.506 e. The highest BCUT2D eigenvalue weighted by molar-refractivity contribution is 6.04. The lowest BCUT2D eigenvalue weighted by Crippen LogP contribution is -2.25. The van der Waals surface area contributed by atoms with Crippen molar-refractivity contribution in [2.75, 3.05) is 23.3 Å². The molecule has 48 heavy (non-hydrogen) atoms. The second-order valence-electron chi connectivity index (χ2n) is 12.1. The van der Waals surface area contributed by atoms with Crippen molar-refractivity contribution in [3.8, 4) is 5.75 Å². The number of carbonyl (C=O) groups is 1. The van der Waals surface area contributed by atoms with Crippen molar-refractivity contribution in [3.63, 3.8) is 0 Å². The number of Topliss-reactive ketones (excluding diaryl/α,β-unsaturated/α-hetero) is 1. The first-order valence-corrected chi connectivity index (χ1v) is 17.9. The number of nitrogens with one attached hydrogen (secondary N) is 1. The zero-order valence-corrected chi connectivity index (χ0v) is 31.0. The van der Waals surface area contributed by atoms with Crippen molar-refractivity contribution >= 4 is 28.6 Å². The highest BCUT2D eigenvalue weighted by Gasteiger charge is 2.21. The number of aliphatic imine (C=N–C) groups is 1. The highest BCUT2D eigenvalue weighted by Crippen LogP contribution is 2.34. The van der Waals surface area contributed by atoms with Gasteiger partial charge in [0, 0.05) is 42.4 Å². The minimum absolute atomic E-state index is 0.0127. The molecule has 0 aliphatic heterocycles. The summed E-state index contributed by atoms with van der Waals surface area (Å²) in [6.07, 6.45) is 14.0. The number of aromatic hydroxyl groups is 1. The number of allylic oxidation sites excluding steroid dienone is 5. The number of hydrogen-bond acceptors (Lipinski definition) is 7. The van der Waals surface area contributed by atoms with E-state index in [-0.39, 0.29) is 17.0 Å². The van der Waals surface area contributed by atoms with Crippen molar-refractivity contribution in [2.45, 2.75) is 114 Å². The number of unbranched alkanes of at least 4 members (excludes halogenated alkanes) is 1. The summed E-state index contributed by atoms with van der Waals surface area (Å²) in [4.78, 5) is 32.5. The van der Waals surface area contributed by atoms with Gasteiger partial charge in [0.1, 0.15) is 17.3 Å². The molecule has 1 saturated carbocycles. The number of phenolic OH excluding ortho intramolecular Hbond substituents is 1. The molecule has 0 unspecified atom stereocenters. The van der Waals surface area contributed by atoms with Crippen molar-refractivity contribution in [2.24, 2.45) is 10.9 Å². The first-order chi connectivity index (χ1) is 23.1. The lowest BCUT2D eigenvalue weighted by molar-refractivity contribution is -0.115. The van der Waals surface area contributed by atoms with E-state index < -0.39 is 0 Å². The number of ketones is 1. The monoisotopic (exact) mass is 657 g/mol. The number of rotatable bonds is 16. The zero-order valence-electron chi connectivity index (χ0n) is 31.0. The lowest BCUT2D eigenvalue weighted by Gasteiger charge is -2.22. The molecule has 1 aromatic carbocycles. The average molecular weight is 658 g/mol. The van der Waals surface area contributed by atoms with Gasteiger partial charge in [0.05, 0.1) is 5.69 Å². The van der Waals surface area contributed by atoms with E-state index in [4.69, 9.17) is 4.42 Å². The number of phenols is 1. The summed E-state index contributed by atoms with van der Waals surface area (Å²) in [5, 5.41) is 14.1. The molecule has 7 nitrogen and oxygen atoms in total. The Bertz CT molecular complexity index is 1570. The number of benzene rings is 1. The Labute approximate surface area is 289 Å². The molecule has 1 heterocycles. The molecule has 2 N–H and O–H groups in total. The van der Waals surface area contributed by atoms with Gasteiger partial charge in [-0.1, -0.05) is 84.6 Å². The molecule has 0 radical (unpaired) electrons. The van der Waals surface area contributed by atoms with Gasteiger partial charge in [-0.25, -0.2) is 4.99 Å². The van der Waals surface area contributed by atoms with Crippen LogP contribution in [0.15, 0.2) is 80.2 Å². The molecule has 2 aromatic rings. The van der Waals surface area contributed by atoms with E-state index in [1.807, 2.05) is 72.8 Å².